The fourth-order valence-corrected chi connectivity index (χ4v) is 6.31. The van der Waals surface area contributed by atoms with Crippen LogP contribution in [0.1, 0.15) is 0 Å². The smallest absolute Gasteiger partial charge is 0.164 e. The van der Waals surface area contributed by atoms with Gasteiger partial charge in [0.2, 0.25) is 0 Å². The molecular weight excluding hydrogens is 601 g/mol. The first-order chi connectivity index (χ1) is 24.3. The summed E-state index contributed by atoms with van der Waals surface area (Å²) in [5, 5.41) is 1.05. The molecule has 9 rings (SSSR count). The van der Waals surface area contributed by atoms with Crippen LogP contribution in [0, 0.1) is 0 Å². The van der Waals surface area contributed by atoms with Crippen molar-refractivity contribution in [3.05, 3.63) is 170 Å². The number of pyridine rings is 2. The second-order valence-corrected chi connectivity index (χ2v) is 11.8. The Morgan fingerprint density at radius 2 is 0.878 bits per heavy atom. The third-order valence-corrected chi connectivity index (χ3v) is 8.68. The zero-order valence-electron chi connectivity index (χ0n) is 26.3. The van der Waals surface area contributed by atoms with Crippen molar-refractivity contribution in [2.75, 3.05) is 0 Å². The minimum atomic E-state index is 0.620. The Morgan fingerprint density at radius 3 is 1.51 bits per heavy atom. The molecule has 0 radical (unpaired) electrons. The molecule has 49 heavy (non-hydrogen) atoms. The maximum Gasteiger partial charge on any atom is 0.164 e. The van der Waals surface area contributed by atoms with Gasteiger partial charge in [0.05, 0.1) is 11.2 Å². The normalized spacial score (nSPS) is 11.3. The van der Waals surface area contributed by atoms with Gasteiger partial charge in [-0.25, -0.2) is 24.9 Å². The topological polar surface area (TPSA) is 68.9 Å². The van der Waals surface area contributed by atoms with Gasteiger partial charge in [-0.15, -0.1) is 0 Å². The number of aromatic nitrogens is 6. The molecule has 0 amide bonds. The third-order valence-electron chi connectivity index (χ3n) is 8.68. The molecule has 6 nitrogen and oxygen atoms in total. The van der Waals surface area contributed by atoms with Gasteiger partial charge in [-0.1, -0.05) is 127 Å². The first-order valence-corrected chi connectivity index (χ1v) is 16.2. The van der Waals surface area contributed by atoms with E-state index in [-0.39, 0.29) is 0 Å². The zero-order valence-corrected chi connectivity index (χ0v) is 26.3. The van der Waals surface area contributed by atoms with E-state index in [1.54, 1.807) is 0 Å². The fraction of sp³-hybridized carbons (Fsp3) is 0. The van der Waals surface area contributed by atoms with E-state index in [4.69, 9.17) is 24.9 Å². The van der Waals surface area contributed by atoms with Crippen LogP contribution < -0.4 is 0 Å². The minimum absolute atomic E-state index is 0.620. The quantitative estimate of drug-likeness (QED) is 0.183. The van der Waals surface area contributed by atoms with Gasteiger partial charge >= 0.3 is 0 Å². The van der Waals surface area contributed by atoms with Crippen LogP contribution in [-0.4, -0.2) is 29.3 Å². The van der Waals surface area contributed by atoms with Gasteiger partial charge in [0, 0.05) is 39.4 Å². The van der Waals surface area contributed by atoms with E-state index in [9.17, 15) is 0 Å². The fourth-order valence-electron chi connectivity index (χ4n) is 6.31. The summed E-state index contributed by atoms with van der Waals surface area (Å²) in [5.41, 5.74) is 9.77. The lowest BCUT2D eigenvalue weighted by atomic mass is 10.0. The van der Waals surface area contributed by atoms with Gasteiger partial charge in [-0.2, -0.15) is 0 Å². The maximum absolute atomic E-state index is 5.25. The summed E-state index contributed by atoms with van der Waals surface area (Å²) >= 11 is 0. The summed E-state index contributed by atoms with van der Waals surface area (Å²) in [7, 11) is 0. The van der Waals surface area contributed by atoms with Gasteiger partial charge in [0.15, 0.2) is 17.5 Å². The molecular formula is C43H28N6. The Bertz CT molecular complexity index is 2540. The molecule has 0 N–H and O–H groups in total. The predicted molar refractivity (Wildman–Crippen MR) is 196 cm³/mol. The van der Waals surface area contributed by atoms with E-state index in [1.165, 1.54) is 0 Å². The van der Waals surface area contributed by atoms with Gasteiger partial charge in [-0.3, -0.25) is 4.40 Å². The molecule has 0 saturated carbocycles. The highest BCUT2D eigenvalue weighted by Crippen LogP contribution is 2.35. The molecule has 5 aromatic carbocycles. The van der Waals surface area contributed by atoms with Crippen molar-refractivity contribution < 1.29 is 0 Å². The van der Waals surface area contributed by atoms with Gasteiger partial charge in [-0.05, 0) is 47.5 Å². The maximum atomic E-state index is 5.25. The van der Waals surface area contributed by atoms with Crippen molar-refractivity contribution in [3.63, 3.8) is 0 Å². The highest BCUT2D eigenvalue weighted by Gasteiger charge is 2.18. The van der Waals surface area contributed by atoms with E-state index in [0.717, 1.165) is 67.0 Å². The standard InChI is InChI=1S/C43H28N6/c1-4-13-29(14-5-1)38-37-25-24-32-23-12-26-44-42(32)49(37)43(45-38)36-22-11-20-34(28-36)33-19-10-21-35(27-33)41-47-39(30-15-6-2-7-16-30)46-40(48-41)31-17-8-3-9-18-31/h1-28H. The van der Waals surface area contributed by atoms with Crippen LogP contribution in [0.4, 0.5) is 0 Å². The molecule has 0 fully saturated rings. The van der Waals surface area contributed by atoms with E-state index in [2.05, 4.69) is 83.3 Å². The summed E-state index contributed by atoms with van der Waals surface area (Å²) in [5.74, 6) is 2.74. The second kappa shape index (κ2) is 12.1. The summed E-state index contributed by atoms with van der Waals surface area (Å²) in [6.45, 7) is 0. The number of rotatable bonds is 6. The van der Waals surface area contributed by atoms with Crippen LogP contribution in [0.3, 0.4) is 0 Å². The molecule has 0 saturated heterocycles. The monoisotopic (exact) mass is 628 g/mol. The van der Waals surface area contributed by atoms with Gasteiger partial charge < -0.3 is 0 Å². The molecule has 4 aromatic heterocycles. The minimum Gasteiger partial charge on any atom is -0.276 e. The molecule has 0 aliphatic heterocycles. The van der Waals surface area contributed by atoms with Crippen molar-refractivity contribution in [2.24, 2.45) is 0 Å². The lowest BCUT2D eigenvalue weighted by molar-refractivity contribution is 1.07. The lowest BCUT2D eigenvalue weighted by Crippen LogP contribution is -2.00. The van der Waals surface area contributed by atoms with Crippen LogP contribution in [0.15, 0.2) is 170 Å². The van der Waals surface area contributed by atoms with Crippen molar-refractivity contribution in [2.45, 2.75) is 0 Å². The Balaban J connectivity index is 1.17. The molecule has 0 aliphatic carbocycles. The summed E-state index contributed by atoms with van der Waals surface area (Å²) in [6.07, 6.45) is 1.84. The average Bonchev–Trinajstić information content (AvgIpc) is 3.59. The van der Waals surface area contributed by atoms with E-state index < -0.39 is 0 Å². The van der Waals surface area contributed by atoms with Crippen LogP contribution in [0.25, 0.3) is 84.5 Å². The average molecular weight is 629 g/mol. The summed E-state index contributed by atoms with van der Waals surface area (Å²) in [6, 6.07) is 55.6. The number of nitrogens with zero attached hydrogens (tertiary/aromatic N) is 6. The molecule has 0 unspecified atom stereocenters. The SMILES string of the molecule is c1ccc(-c2nc(-c3ccccc3)nc(-c3cccc(-c4cccc(-c5nc(-c6ccccc6)c6ccc7cccnc7n56)c4)c3)n2)cc1. The molecule has 6 heteroatoms. The summed E-state index contributed by atoms with van der Waals surface area (Å²) < 4.78 is 2.17. The van der Waals surface area contributed by atoms with Crippen molar-refractivity contribution in [1.82, 2.24) is 29.3 Å². The van der Waals surface area contributed by atoms with Gasteiger partial charge in [0.25, 0.3) is 0 Å². The van der Waals surface area contributed by atoms with Crippen LogP contribution >= 0.6 is 0 Å². The predicted octanol–water partition coefficient (Wildman–Crippen LogP) is 10.1. The Labute approximate surface area is 283 Å². The highest BCUT2D eigenvalue weighted by atomic mass is 15.1. The molecule has 4 heterocycles. The Hall–Kier alpha value is -6.79. The third kappa shape index (κ3) is 5.31. The number of hydrogen-bond acceptors (Lipinski definition) is 5. The first kappa shape index (κ1) is 28.4. The zero-order chi connectivity index (χ0) is 32.6. The molecule has 0 aliphatic rings. The Kier molecular flexibility index (Phi) is 7.02. The van der Waals surface area contributed by atoms with Gasteiger partial charge in [0.1, 0.15) is 11.5 Å². The molecule has 9 aromatic rings. The number of benzene rings is 5. The largest absolute Gasteiger partial charge is 0.276 e. The van der Waals surface area contributed by atoms with Crippen molar-refractivity contribution in [1.29, 1.82) is 0 Å². The molecule has 230 valence electrons. The number of hydrogen-bond donors (Lipinski definition) is 0. The van der Waals surface area contributed by atoms with Crippen LogP contribution in [-0.2, 0) is 0 Å². The molecule has 0 atom stereocenters. The van der Waals surface area contributed by atoms with Crippen LogP contribution in [0.2, 0.25) is 0 Å². The van der Waals surface area contributed by atoms with Crippen LogP contribution in [0.5, 0.6) is 0 Å². The van der Waals surface area contributed by atoms with Crippen molar-refractivity contribution in [3.8, 4) is 67.9 Å². The van der Waals surface area contributed by atoms with E-state index >= 15 is 0 Å². The van der Waals surface area contributed by atoms with E-state index in [1.807, 2.05) is 91.1 Å². The number of fused-ring (bicyclic) bond motifs is 3. The first-order valence-electron chi connectivity index (χ1n) is 16.2. The second-order valence-electron chi connectivity index (χ2n) is 11.8. The summed E-state index contributed by atoms with van der Waals surface area (Å²) in [4.78, 5) is 24.8. The molecule has 0 spiro atoms. The highest BCUT2D eigenvalue weighted by molar-refractivity contribution is 5.90. The number of imidazole rings is 1. The molecule has 0 bridgehead atoms. The van der Waals surface area contributed by atoms with Crippen molar-refractivity contribution >= 4 is 16.6 Å². The Morgan fingerprint density at radius 1 is 0.367 bits per heavy atom. The van der Waals surface area contributed by atoms with E-state index in [0.29, 0.717) is 17.5 Å². The lowest BCUT2D eigenvalue weighted by Gasteiger charge is -2.10.